The lowest BCUT2D eigenvalue weighted by atomic mass is 10.0. The van der Waals surface area contributed by atoms with Crippen molar-refractivity contribution in [2.24, 2.45) is 0 Å². The van der Waals surface area contributed by atoms with Gasteiger partial charge in [0.1, 0.15) is 0 Å². The SMILES string of the molecule is CCCCCCCCCCCCCCCCCC(Br)I. The molecule has 1 unspecified atom stereocenters. The molecule has 0 saturated heterocycles. The van der Waals surface area contributed by atoms with Gasteiger partial charge in [0.2, 0.25) is 0 Å². The van der Waals surface area contributed by atoms with E-state index in [1.54, 1.807) is 0 Å². The van der Waals surface area contributed by atoms with E-state index in [0.717, 1.165) is 0 Å². The van der Waals surface area contributed by atoms with Crippen molar-refractivity contribution in [3.8, 4) is 0 Å². The molecule has 0 rings (SSSR count). The Bertz CT molecular complexity index is 171. The lowest BCUT2D eigenvalue weighted by Crippen LogP contribution is -1.86. The fourth-order valence-electron chi connectivity index (χ4n) is 2.67. The Morgan fingerprint density at radius 2 is 0.900 bits per heavy atom. The summed E-state index contributed by atoms with van der Waals surface area (Å²) < 4.78 is 0.682. The minimum Gasteiger partial charge on any atom is -0.0775 e. The predicted octanol–water partition coefficient (Wildman–Crippen LogP) is 8.40. The Morgan fingerprint density at radius 1 is 0.600 bits per heavy atom. The van der Waals surface area contributed by atoms with Crippen LogP contribution in [0.5, 0.6) is 0 Å². The Hall–Kier alpha value is 1.21. The molecule has 0 heterocycles. The van der Waals surface area contributed by atoms with Gasteiger partial charge in [-0.05, 0) is 6.42 Å². The van der Waals surface area contributed by atoms with Crippen LogP contribution in [0.2, 0.25) is 0 Å². The van der Waals surface area contributed by atoms with Gasteiger partial charge >= 0.3 is 0 Å². The van der Waals surface area contributed by atoms with Gasteiger partial charge in [0.25, 0.3) is 0 Å². The third-order valence-electron chi connectivity index (χ3n) is 4.03. The standard InChI is InChI=1S/C18H36BrI/c1-2-3-4-5-6-7-8-9-10-11-12-13-14-15-16-17-18(19)20/h18H,2-17H2,1H3. The fraction of sp³-hybridized carbons (Fsp3) is 1.00. The van der Waals surface area contributed by atoms with Crippen molar-refractivity contribution in [3.05, 3.63) is 0 Å². The average Bonchev–Trinajstić information content (AvgIpc) is 2.43. The molecule has 2 heteroatoms. The van der Waals surface area contributed by atoms with E-state index in [1.165, 1.54) is 103 Å². The minimum absolute atomic E-state index is 0.682. The van der Waals surface area contributed by atoms with E-state index in [2.05, 4.69) is 45.4 Å². The summed E-state index contributed by atoms with van der Waals surface area (Å²) in [6.07, 6.45) is 23.2. The first-order chi connectivity index (χ1) is 9.77. The highest BCUT2D eigenvalue weighted by Crippen LogP contribution is 2.18. The maximum atomic E-state index is 3.60. The molecule has 0 nitrogen and oxygen atoms in total. The van der Waals surface area contributed by atoms with Gasteiger partial charge < -0.3 is 0 Å². The van der Waals surface area contributed by atoms with Crippen LogP contribution < -0.4 is 0 Å². The Kier molecular flexibility index (Phi) is 19.4. The normalized spacial score (nSPS) is 12.8. The molecule has 0 aromatic heterocycles. The summed E-state index contributed by atoms with van der Waals surface area (Å²) in [5, 5.41) is 0. The van der Waals surface area contributed by atoms with Crippen molar-refractivity contribution in [2.75, 3.05) is 0 Å². The van der Waals surface area contributed by atoms with Gasteiger partial charge in [0, 0.05) is 0 Å². The topological polar surface area (TPSA) is 0 Å². The van der Waals surface area contributed by atoms with Crippen LogP contribution in [0.4, 0.5) is 0 Å². The maximum Gasteiger partial charge on any atom is 0.0662 e. The summed E-state index contributed by atoms with van der Waals surface area (Å²) in [6, 6.07) is 0. The summed E-state index contributed by atoms with van der Waals surface area (Å²) in [5.74, 6) is 0. The zero-order chi connectivity index (χ0) is 14.9. The van der Waals surface area contributed by atoms with Crippen LogP contribution in [0.3, 0.4) is 0 Å². The first-order valence-corrected chi connectivity index (χ1v) is 11.2. The van der Waals surface area contributed by atoms with Crippen LogP contribution >= 0.6 is 38.5 Å². The molecule has 0 aliphatic carbocycles. The molecule has 122 valence electrons. The van der Waals surface area contributed by atoms with Gasteiger partial charge in [-0.2, -0.15) is 0 Å². The first kappa shape index (κ1) is 21.2. The molecule has 0 amide bonds. The third kappa shape index (κ3) is 19.2. The van der Waals surface area contributed by atoms with Gasteiger partial charge in [-0.15, -0.1) is 0 Å². The number of rotatable bonds is 16. The number of halogens is 2. The van der Waals surface area contributed by atoms with E-state index in [9.17, 15) is 0 Å². The molecule has 0 aliphatic rings. The number of unbranched alkanes of at least 4 members (excludes halogenated alkanes) is 14. The molecule has 0 N–H and O–H groups in total. The summed E-state index contributed by atoms with van der Waals surface area (Å²) in [6.45, 7) is 2.29. The van der Waals surface area contributed by atoms with Crippen LogP contribution in [-0.4, -0.2) is 2.83 Å². The van der Waals surface area contributed by atoms with Crippen molar-refractivity contribution >= 4 is 38.5 Å². The summed E-state index contributed by atoms with van der Waals surface area (Å²) >= 11 is 6.06. The molecule has 0 aromatic rings. The monoisotopic (exact) mass is 458 g/mol. The molecule has 0 fully saturated rings. The molecule has 0 radical (unpaired) electrons. The van der Waals surface area contributed by atoms with Crippen LogP contribution in [0, 0.1) is 0 Å². The summed E-state index contributed by atoms with van der Waals surface area (Å²) in [4.78, 5) is 0. The summed E-state index contributed by atoms with van der Waals surface area (Å²) in [5.41, 5.74) is 0. The third-order valence-corrected chi connectivity index (χ3v) is 5.11. The van der Waals surface area contributed by atoms with Crippen LogP contribution in [-0.2, 0) is 0 Å². The van der Waals surface area contributed by atoms with Crippen molar-refractivity contribution in [3.63, 3.8) is 0 Å². The quantitative estimate of drug-likeness (QED) is 0.124. The van der Waals surface area contributed by atoms with Gasteiger partial charge in [0.05, 0.1) is 2.83 Å². The Morgan fingerprint density at radius 3 is 1.20 bits per heavy atom. The van der Waals surface area contributed by atoms with Crippen LogP contribution in [0.1, 0.15) is 110 Å². The molecular weight excluding hydrogens is 423 g/mol. The van der Waals surface area contributed by atoms with Gasteiger partial charge in [0.15, 0.2) is 0 Å². The van der Waals surface area contributed by atoms with Gasteiger partial charge in [-0.3, -0.25) is 0 Å². The van der Waals surface area contributed by atoms with Crippen molar-refractivity contribution in [1.82, 2.24) is 0 Å². The number of alkyl halides is 2. The van der Waals surface area contributed by atoms with Crippen LogP contribution in [0.15, 0.2) is 0 Å². The van der Waals surface area contributed by atoms with E-state index in [4.69, 9.17) is 0 Å². The van der Waals surface area contributed by atoms with Crippen molar-refractivity contribution in [2.45, 2.75) is 112 Å². The smallest absolute Gasteiger partial charge is 0.0662 e. The number of hydrogen-bond donors (Lipinski definition) is 0. The second kappa shape index (κ2) is 18.3. The second-order valence-corrected chi connectivity index (χ2v) is 10.5. The highest BCUT2D eigenvalue weighted by Gasteiger charge is 1.97. The van der Waals surface area contributed by atoms with Gasteiger partial charge in [-0.25, -0.2) is 0 Å². The van der Waals surface area contributed by atoms with E-state index in [-0.39, 0.29) is 0 Å². The molecule has 0 spiro atoms. The molecule has 0 aliphatic heterocycles. The van der Waals surface area contributed by atoms with Crippen LogP contribution in [0.25, 0.3) is 0 Å². The lowest BCUT2D eigenvalue weighted by molar-refractivity contribution is 0.531. The molecular formula is C18H36BrI. The fourth-order valence-corrected chi connectivity index (χ4v) is 3.43. The van der Waals surface area contributed by atoms with E-state index in [1.807, 2.05) is 0 Å². The lowest BCUT2D eigenvalue weighted by Gasteiger charge is -2.04. The number of hydrogen-bond acceptors (Lipinski definition) is 0. The molecule has 20 heavy (non-hydrogen) atoms. The molecule has 0 bridgehead atoms. The molecule has 0 saturated carbocycles. The average molecular weight is 459 g/mol. The van der Waals surface area contributed by atoms with Crippen molar-refractivity contribution in [1.29, 1.82) is 0 Å². The highest BCUT2D eigenvalue weighted by molar-refractivity contribution is 14.1. The predicted molar refractivity (Wildman–Crippen MR) is 106 cm³/mol. The highest BCUT2D eigenvalue weighted by atomic mass is 127. The van der Waals surface area contributed by atoms with E-state index < -0.39 is 0 Å². The first-order valence-electron chi connectivity index (χ1n) is 9.05. The minimum atomic E-state index is 0.682. The van der Waals surface area contributed by atoms with E-state index >= 15 is 0 Å². The van der Waals surface area contributed by atoms with Crippen molar-refractivity contribution < 1.29 is 0 Å². The van der Waals surface area contributed by atoms with E-state index in [0.29, 0.717) is 2.83 Å². The zero-order valence-electron chi connectivity index (χ0n) is 13.6. The Balaban J connectivity index is 2.92. The van der Waals surface area contributed by atoms with Gasteiger partial charge in [-0.1, -0.05) is 142 Å². The molecule has 0 aromatic carbocycles. The largest absolute Gasteiger partial charge is 0.0775 e. The maximum absolute atomic E-state index is 3.60. The molecule has 1 atom stereocenters. The Labute approximate surface area is 150 Å². The summed E-state index contributed by atoms with van der Waals surface area (Å²) in [7, 11) is 0. The second-order valence-electron chi connectivity index (χ2n) is 6.13. The zero-order valence-corrected chi connectivity index (χ0v) is 17.4.